The van der Waals surface area contributed by atoms with Crippen LogP contribution in [-0.4, -0.2) is 18.1 Å². The number of benzene rings is 3. The first-order chi connectivity index (χ1) is 15.7. The number of hydrogen-bond donors (Lipinski definition) is 0. The Hall–Kier alpha value is -3.86. The average molecular weight is 425 g/mol. The summed E-state index contributed by atoms with van der Waals surface area (Å²) in [5.41, 5.74) is 4.86. The lowest BCUT2D eigenvalue weighted by Gasteiger charge is -2.19. The number of para-hydroxylation sites is 1. The average Bonchev–Trinajstić information content (AvgIpc) is 2.99. The maximum absolute atomic E-state index is 12.2. The third kappa shape index (κ3) is 4.02. The highest BCUT2D eigenvalue weighted by Crippen LogP contribution is 2.41. The topological polar surface area (TPSA) is 57.7 Å². The van der Waals surface area contributed by atoms with Gasteiger partial charge in [0.2, 0.25) is 0 Å². The summed E-state index contributed by atoms with van der Waals surface area (Å²) in [6, 6.07) is 25.9. The van der Waals surface area contributed by atoms with E-state index in [-0.39, 0.29) is 18.3 Å². The molecule has 0 saturated heterocycles. The molecule has 0 radical (unpaired) electrons. The first kappa shape index (κ1) is 20.1. The van der Waals surface area contributed by atoms with Gasteiger partial charge in [-0.05, 0) is 41.5 Å². The summed E-state index contributed by atoms with van der Waals surface area (Å²) in [6.45, 7) is 0.810. The lowest BCUT2D eigenvalue weighted by atomic mass is 9.86. The molecule has 1 aliphatic heterocycles. The fourth-order valence-electron chi connectivity index (χ4n) is 4.16. The van der Waals surface area contributed by atoms with Crippen molar-refractivity contribution >= 4 is 16.9 Å². The first-order valence-corrected chi connectivity index (χ1v) is 10.6. The molecule has 0 fully saturated rings. The Morgan fingerprint density at radius 2 is 1.84 bits per heavy atom. The molecule has 1 aromatic heterocycles. The molecule has 0 bridgehead atoms. The Morgan fingerprint density at radius 3 is 2.75 bits per heavy atom. The standard InChI is InChI=1S/C27H23NO4/c1-30-27(29)15-23-22-8-4-2-7-19(22)16-32-26-13-12-21(14-24(23)26)31-17-20-11-10-18-6-3-5-9-25(18)28-20/h2-14,23H,15-17H2,1H3. The predicted molar refractivity (Wildman–Crippen MR) is 122 cm³/mol. The minimum Gasteiger partial charge on any atom is -0.489 e. The fourth-order valence-corrected chi connectivity index (χ4v) is 4.16. The van der Waals surface area contributed by atoms with E-state index in [1.165, 1.54) is 7.11 Å². The van der Waals surface area contributed by atoms with E-state index in [0.29, 0.717) is 19.0 Å². The van der Waals surface area contributed by atoms with Gasteiger partial charge < -0.3 is 14.2 Å². The number of rotatable bonds is 5. The summed E-state index contributed by atoms with van der Waals surface area (Å²) in [5, 5.41) is 1.10. The van der Waals surface area contributed by atoms with Gasteiger partial charge in [0.05, 0.1) is 24.7 Å². The van der Waals surface area contributed by atoms with E-state index in [9.17, 15) is 4.79 Å². The van der Waals surface area contributed by atoms with E-state index in [1.807, 2.05) is 72.8 Å². The normalized spacial score (nSPS) is 14.6. The van der Waals surface area contributed by atoms with Crippen LogP contribution in [0.15, 0.2) is 78.9 Å². The van der Waals surface area contributed by atoms with Crippen molar-refractivity contribution in [1.29, 1.82) is 0 Å². The number of hydrogen-bond acceptors (Lipinski definition) is 5. The number of fused-ring (bicyclic) bond motifs is 3. The molecule has 5 rings (SSSR count). The Balaban J connectivity index is 1.44. The van der Waals surface area contributed by atoms with Crippen LogP contribution in [0, 0.1) is 0 Å². The third-order valence-electron chi connectivity index (χ3n) is 5.81. The van der Waals surface area contributed by atoms with Crippen molar-refractivity contribution < 1.29 is 19.0 Å². The number of methoxy groups -OCH3 is 1. The van der Waals surface area contributed by atoms with Crippen LogP contribution in [0.4, 0.5) is 0 Å². The molecule has 160 valence electrons. The van der Waals surface area contributed by atoms with Gasteiger partial charge in [0.15, 0.2) is 0 Å². The number of pyridine rings is 1. The molecule has 5 nitrogen and oxygen atoms in total. The first-order valence-electron chi connectivity index (χ1n) is 10.6. The molecular weight excluding hydrogens is 402 g/mol. The molecule has 0 amide bonds. The van der Waals surface area contributed by atoms with Crippen molar-refractivity contribution in [3.8, 4) is 11.5 Å². The van der Waals surface area contributed by atoms with Crippen molar-refractivity contribution in [2.45, 2.75) is 25.6 Å². The van der Waals surface area contributed by atoms with E-state index in [0.717, 1.165) is 39.0 Å². The molecule has 1 unspecified atom stereocenters. The summed E-state index contributed by atoms with van der Waals surface area (Å²) in [4.78, 5) is 16.9. The molecule has 1 aliphatic rings. The number of nitrogens with zero attached hydrogens (tertiary/aromatic N) is 1. The van der Waals surface area contributed by atoms with E-state index >= 15 is 0 Å². The Bertz CT molecular complexity index is 1280. The second kappa shape index (κ2) is 8.71. The molecular formula is C27H23NO4. The van der Waals surface area contributed by atoms with Gasteiger partial charge in [0, 0.05) is 16.9 Å². The summed E-state index contributed by atoms with van der Waals surface area (Å²) >= 11 is 0. The van der Waals surface area contributed by atoms with Gasteiger partial charge in [-0.1, -0.05) is 48.5 Å². The SMILES string of the molecule is COC(=O)CC1c2ccccc2COc2ccc(OCc3ccc4ccccc4n3)cc21. The molecule has 5 heteroatoms. The van der Waals surface area contributed by atoms with Crippen LogP contribution in [0.3, 0.4) is 0 Å². The molecule has 0 aliphatic carbocycles. The van der Waals surface area contributed by atoms with Crippen LogP contribution >= 0.6 is 0 Å². The Labute approximate surface area is 186 Å². The summed E-state index contributed by atoms with van der Waals surface area (Å²) in [5.74, 6) is 1.03. The van der Waals surface area contributed by atoms with E-state index in [1.54, 1.807) is 0 Å². The molecule has 3 aromatic carbocycles. The highest BCUT2D eigenvalue weighted by molar-refractivity contribution is 5.78. The van der Waals surface area contributed by atoms with Crippen LogP contribution in [-0.2, 0) is 22.7 Å². The number of aromatic nitrogens is 1. The predicted octanol–water partition coefficient (Wildman–Crippen LogP) is 5.40. The second-order valence-electron chi connectivity index (χ2n) is 7.80. The van der Waals surface area contributed by atoms with Gasteiger partial charge >= 0.3 is 5.97 Å². The van der Waals surface area contributed by atoms with Gasteiger partial charge in [-0.25, -0.2) is 4.98 Å². The van der Waals surface area contributed by atoms with Gasteiger partial charge in [0.1, 0.15) is 24.7 Å². The minimum atomic E-state index is -0.260. The van der Waals surface area contributed by atoms with Crippen molar-refractivity contribution in [3.05, 3.63) is 101 Å². The van der Waals surface area contributed by atoms with E-state index in [4.69, 9.17) is 14.2 Å². The highest BCUT2D eigenvalue weighted by Gasteiger charge is 2.27. The molecule has 32 heavy (non-hydrogen) atoms. The molecule has 2 heterocycles. The lowest BCUT2D eigenvalue weighted by molar-refractivity contribution is -0.140. The highest BCUT2D eigenvalue weighted by atomic mass is 16.5. The number of esters is 1. The maximum atomic E-state index is 12.2. The fraction of sp³-hybridized carbons (Fsp3) is 0.185. The van der Waals surface area contributed by atoms with Crippen molar-refractivity contribution in [2.75, 3.05) is 7.11 Å². The van der Waals surface area contributed by atoms with Gasteiger partial charge in [0.25, 0.3) is 0 Å². The monoisotopic (exact) mass is 425 g/mol. The van der Waals surface area contributed by atoms with Crippen LogP contribution in [0.25, 0.3) is 10.9 Å². The molecule has 0 N–H and O–H groups in total. The Kier molecular flexibility index (Phi) is 5.46. The van der Waals surface area contributed by atoms with Gasteiger partial charge in [-0.2, -0.15) is 0 Å². The smallest absolute Gasteiger partial charge is 0.306 e. The van der Waals surface area contributed by atoms with Gasteiger partial charge in [-0.15, -0.1) is 0 Å². The summed E-state index contributed by atoms with van der Waals surface area (Å²) in [6.07, 6.45) is 0.236. The molecule has 4 aromatic rings. The van der Waals surface area contributed by atoms with Crippen LogP contribution in [0.1, 0.15) is 34.7 Å². The van der Waals surface area contributed by atoms with E-state index < -0.39 is 0 Å². The molecule has 0 spiro atoms. The number of carbonyl (C=O) groups is 1. The van der Waals surface area contributed by atoms with E-state index in [2.05, 4.69) is 11.1 Å². The number of ether oxygens (including phenoxy) is 3. The lowest BCUT2D eigenvalue weighted by Crippen LogP contribution is -2.11. The summed E-state index contributed by atoms with van der Waals surface area (Å²) in [7, 11) is 1.42. The van der Waals surface area contributed by atoms with Crippen LogP contribution < -0.4 is 9.47 Å². The third-order valence-corrected chi connectivity index (χ3v) is 5.81. The zero-order chi connectivity index (χ0) is 21.9. The molecule has 0 saturated carbocycles. The van der Waals surface area contributed by atoms with Gasteiger partial charge in [-0.3, -0.25) is 4.79 Å². The molecule has 1 atom stereocenters. The zero-order valence-corrected chi connectivity index (χ0v) is 17.8. The summed E-state index contributed by atoms with van der Waals surface area (Å²) < 4.78 is 17.1. The largest absolute Gasteiger partial charge is 0.489 e. The quantitative estimate of drug-likeness (QED) is 0.401. The Morgan fingerprint density at radius 1 is 1.00 bits per heavy atom. The zero-order valence-electron chi connectivity index (χ0n) is 17.8. The van der Waals surface area contributed by atoms with Crippen molar-refractivity contribution in [3.63, 3.8) is 0 Å². The minimum absolute atomic E-state index is 0.168. The second-order valence-corrected chi connectivity index (χ2v) is 7.80. The van der Waals surface area contributed by atoms with Crippen LogP contribution in [0.2, 0.25) is 0 Å². The van der Waals surface area contributed by atoms with Crippen molar-refractivity contribution in [1.82, 2.24) is 4.98 Å². The van der Waals surface area contributed by atoms with Crippen molar-refractivity contribution in [2.24, 2.45) is 0 Å². The maximum Gasteiger partial charge on any atom is 0.306 e. The number of carbonyl (C=O) groups excluding carboxylic acids is 1. The van der Waals surface area contributed by atoms with Crippen LogP contribution in [0.5, 0.6) is 11.5 Å².